The lowest BCUT2D eigenvalue weighted by Crippen LogP contribution is -2.58. The van der Waals surface area contributed by atoms with Gasteiger partial charge in [0.1, 0.15) is 0 Å². The molecule has 4 aliphatic carbocycles. The van der Waals surface area contributed by atoms with Crippen LogP contribution in [0, 0.1) is 56.5 Å². The number of nitrogens with one attached hydrogen (secondary N) is 1. The molecule has 1 amide bonds. The number of nitrogens with zero attached hydrogens (tertiary/aromatic N) is 3. The predicted octanol–water partition coefficient (Wildman–Crippen LogP) is 6.80. The highest BCUT2D eigenvalue weighted by Gasteiger charge is 2.62. The summed E-state index contributed by atoms with van der Waals surface area (Å²) < 4.78 is 0. The van der Waals surface area contributed by atoms with Gasteiger partial charge in [-0.15, -0.1) is 10.2 Å². The maximum absolute atomic E-state index is 12.8. The second-order valence-corrected chi connectivity index (χ2v) is 14.4. The second-order valence-electron chi connectivity index (χ2n) is 14.4. The quantitative estimate of drug-likeness (QED) is 0.167. The smallest absolute Gasteiger partial charge is 0.270 e. The lowest BCUT2D eigenvalue weighted by Gasteiger charge is -2.62. The van der Waals surface area contributed by atoms with Crippen molar-refractivity contribution >= 4 is 28.2 Å². The molecule has 1 aromatic heterocycles. The van der Waals surface area contributed by atoms with Gasteiger partial charge in [-0.25, -0.2) is 0 Å². The number of non-ortho nitro benzene ring substituents is 1. The van der Waals surface area contributed by atoms with E-state index in [1.807, 2.05) is 0 Å². The van der Waals surface area contributed by atoms with Crippen molar-refractivity contribution < 1.29 is 25.0 Å². The Balaban J connectivity index is 1.11. The zero-order valence-electron chi connectivity index (χ0n) is 24.8. The Morgan fingerprint density at radius 2 is 1.86 bits per heavy atom. The van der Waals surface area contributed by atoms with Crippen LogP contribution in [0.15, 0.2) is 28.4 Å². The van der Waals surface area contributed by atoms with E-state index < -0.39 is 4.92 Å². The van der Waals surface area contributed by atoms with Crippen LogP contribution in [0.5, 0.6) is 5.88 Å². The van der Waals surface area contributed by atoms with Gasteiger partial charge in [0.15, 0.2) is 5.69 Å². The lowest BCUT2D eigenvalue weighted by molar-refractivity contribution is -0.384. The summed E-state index contributed by atoms with van der Waals surface area (Å²) in [5.41, 5.74) is 0.694. The number of nitro groups is 1. The first-order chi connectivity index (χ1) is 19.9. The fraction of sp³-hybridized carbons (Fsp3) is 0.719. The van der Waals surface area contributed by atoms with Crippen LogP contribution in [0.3, 0.4) is 0 Å². The summed E-state index contributed by atoms with van der Waals surface area (Å²) in [6.45, 7) is 7.09. The maximum Gasteiger partial charge on any atom is 0.270 e. The molecule has 1 aromatic carbocycles. The van der Waals surface area contributed by atoms with Gasteiger partial charge in [-0.2, -0.15) is 0 Å². The number of benzene rings is 1. The Hall–Kier alpha value is -2.85. The molecule has 4 N–H and O–H groups in total. The summed E-state index contributed by atoms with van der Waals surface area (Å²) in [6.07, 6.45) is 8.44. The summed E-state index contributed by atoms with van der Waals surface area (Å²) in [7, 11) is 0. The van der Waals surface area contributed by atoms with E-state index in [2.05, 4.69) is 36.0 Å². The number of aromatic amines is 1. The number of fused-ring (bicyclic) bond motifs is 6. The molecule has 10 heteroatoms. The van der Waals surface area contributed by atoms with E-state index in [-0.39, 0.29) is 52.6 Å². The first kappa shape index (κ1) is 29.2. The Morgan fingerprint density at radius 3 is 2.62 bits per heavy atom. The molecule has 0 saturated heterocycles. The van der Waals surface area contributed by atoms with Crippen molar-refractivity contribution in [1.82, 2.24) is 4.98 Å². The molecule has 0 bridgehead atoms. The minimum Gasteiger partial charge on any atom is -0.493 e. The molecule has 0 spiro atoms. The van der Waals surface area contributed by atoms with E-state index in [9.17, 15) is 30.2 Å². The Kier molecular flexibility index (Phi) is 7.45. The number of aromatic hydroxyl groups is 1. The Morgan fingerprint density at radius 1 is 1.12 bits per heavy atom. The van der Waals surface area contributed by atoms with Gasteiger partial charge in [-0.1, -0.05) is 20.8 Å². The number of aliphatic hydroxyl groups is 2. The molecule has 10 atom stereocenters. The number of azo groups is 1. The summed E-state index contributed by atoms with van der Waals surface area (Å²) in [5.74, 6) is 1.82. The summed E-state index contributed by atoms with van der Waals surface area (Å²) >= 11 is 0. The van der Waals surface area contributed by atoms with Gasteiger partial charge < -0.3 is 20.3 Å². The third kappa shape index (κ3) is 4.75. The Labute approximate surface area is 246 Å². The van der Waals surface area contributed by atoms with Crippen LogP contribution in [0.25, 0.3) is 10.9 Å². The first-order valence-corrected chi connectivity index (χ1v) is 15.7. The molecule has 228 valence electrons. The minimum atomic E-state index is -0.523. The average Bonchev–Trinajstić information content (AvgIpc) is 3.46. The average molecular weight is 581 g/mol. The monoisotopic (exact) mass is 580 g/mol. The largest absolute Gasteiger partial charge is 0.493 e. The van der Waals surface area contributed by atoms with Gasteiger partial charge in [0.25, 0.3) is 11.6 Å². The Bertz CT molecular complexity index is 1410. The van der Waals surface area contributed by atoms with E-state index in [0.29, 0.717) is 52.8 Å². The first-order valence-electron chi connectivity index (χ1n) is 15.7. The van der Waals surface area contributed by atoms with Gasteiger partial charge in [0, 0.05) is 23.9 Å². The highest BCUT2D eigenvalue weighted by molar-refractivity contribution is 5.95. The molecule has 0 unspecified atom stereocenters. The summed E-state index contributed by atoms with van der Waals surface area (Å²) in [4.78, 5) is 26.1. The molecule has 4 fully saturated rings. The number of carbonyl (C=O) groups excluding carboxylic acids is 1. The van der Waals surface area contributed by atoms with Gasteiger partial charge in [-0.05, 0) is 110 Å². The number of hydrogen-bond acceptors (Lipinski definition) is 7. The van der Waals surface area contributed by atoms with Gasteiger partial charge in [0.2, 0.25) is 5.88 Å². The topological polar surface area (TPSA) is 161 Å². The number of aliphatic hydroxyl groups excluding tert-OH is 2. The molecule has 42 heavy (non-hydrogen) atoms. The van der Waals surface area contributed by atoms with Crippen molar-refractivity contribution in [2.75, 3.05) is 0 Å². The van der Waals surface area contributed by atoms with Crippen molar-refractivity contribution in [1.29, 1.82) is 0 Å². The molecule has 10 nitrogen and oxygen atoms in total. The predicted molar refractivity (Wildman–Crippen MR) is 157 cm³/mol. The van der Waals surface area contributed by atoms with Crippen molar-refractivity contribution in [3.05, 3.63) is 28.3 Å². The van der Waals surface area contributed by atoms with Crippen LogP contribution in [0.2, 0.25) is 0 Å². The number of carbonyl (C=O) groups is 1. The minimum absolute atomic E-state index is 0.0208. The van der Waals surface area contributed by atoms with E-state index in [4.69, 9.17) is 0 Å². The highest BCUT2D eigenvalue weighted by Crippen LogP contribution is 2.68. The van der Waals surface area contributed by atoms with Gasteiger partial charge in [-0.3, -0.25) is 14.9 Å². The molecule has 6 rings (SSSR count). The number of hydrogen-bond donors (Lipinski definition) is 4. The van der Waals surface area contributed by atoms with Crippen molar-refractivity contribution in [3.63, 3.8) is 0 Å². The van der Waals surface area contributed by atoms with Crippen molar-refractivity contribution in [2.45, 2.75) is 97.2 Å². The maximum atomic E-state index is 12.8. The highest BCUT2D eigenvalue weighted by atomic mass is 16.6. The van der Waals surface area contributed by atoms with Crippen LogP contribution < -0.4 is 0 Å². The molecule has 4 saturated carbocycles. The van der Waals surface area contributed by atoms with Crippen LogP contribution in [0.1, 0.15) is 85.0 Å². The summed E-state index contributed by atoms with van der Waals surface area (Å²) in [5, 5.41) is 51.4. The molecule has 0 aliphatic heterocycles. The van der Waals surface area contributed by atoms with Gasteiger partial charge in [0.05, 0.1) is 22.6 Å². The molecule has 2 aromatic rings. The van der Waals surface area contributed by atoms with Crippen LogP contribution >= 0.6 is 0 Å². The third-order valence-electron chi connectivity index (χ3n) is 12.4. The lowest BCUT2D eigenvalue weighted by atomic mass is 9.43. The zero-order valence-corrected chi connectivity index (χ0v) is 24.8. The number of H-pyrrole nitrogens is 1. The van der Waals surface area contributed by atoms with E-state index >= 15 is 0 Å². The number of nitro benzene ring substituents is 1. The fourth-order valence-electron chi connectivity index (χ4n) is 10.2. The molecular weight excluding hydrogens is 536 g/mol. The van der Waals surface area contributed by atoms with Crippen LogP contribution in [0.4, 0.5) is 11.4 Å². The third-order valence-corrected chi connectivity index (χ3v) is 12.4. The molecular formula is C32H44N4O6. The molecule has 4 aliphatic rings. The van der Waals surface area contributed by atoms with E-state index in [0.717, 1.165) is 51.4 Å². The fourth-order valence-corrected chi connectivity index (χ4v) is 10.2. The van der Waals surface area contributed by atoms with Crippen LogP contribution in [-0.2, 0) is 4.79 Å². The zero-order chi connectivity index (χ0) is 30.0. The number of aromatic nitrogens is 1. The standard InChI is InChI=1S/C32H44N4O6/c1-17(4-9-27(39)34-35-29-21-16-19(36(41)42)5-8-25(21)33-30(29)40)22-6-7-23-28-24(11-13-32(22,23)3)31(2)12-10-20(37)14-18(31)15-26(28)38/h5,8,16-18,20,22-24,26,28,33,37-38,40H,4,6-7,9-15H2,1-3H3/t17-,18+,20-,22+,23-,24-,26+,28-,31-,32+/m0/s1. The molecule has 1 heterocycles. The van der Waals surface area contributed by atoms with E-state index in [1.165, 1.54) is 18.2 Å². The van der Waals surface area contributed by atoms with Crippen LogP contribution in [-0.4, -0.2) is 43.3 Å². The second kappa shape index (κ2) is 10.7. The van der Waals surface area contributed by atoms with E-state index in [1.54, 1.807) is 0 Å². The van der Waals surface area contributed by atoms with Gasteiger partial charge >= 0.3 is 0 Å². The van der Waals surface area contributed by atoms with Crippen molar-refractivity contribution in [2.24, 2.45) is 56.6 Å². The SMILES string of the molecule is C[C@@H](CCC(=O)N=Nc1c(O)[nH]c2ccc([N+](=O)[O-])cc12)[C@H]1CC[C@H]2[C@@H]3[C@H](O)C[C@H]4C[C@@H](O)CC[C@]4(C)[C@H]3CC[C@]12C. The number of rotatable bonds is 6. The number of amides is 1. The summed E-state index contributed by atoms with van der Waals surface area (Å²) in [6, 6.07) is 4.13. The molecule has 0 radical (unpaired) electrons. The normalized spacial score (nSPS) is 38.6. The van der Waals surface area contributed by atoms with Crippen molar-refractivity contribution in [3.8, 4) is 5.88 Å².